The smallest absolute Gasteiger partial charge is 0.360 e. The lowest BCUT2D eigenvalue weighted by molar-refractivity contribution is 0.0588. The monoisotopic (exact) mass is 233 g/mol. The van der Waals surface area contributed by atoms with Gasteiger partial charge in [0, 0.05) is 6.07 Å². The van der Waals surface area contributed by atoms with Gasteiger partial charge in [-0.05, 0) is 0 Å². The highest BCUT2D eigenvalue weighted by atomic mass is 19.3. The largest absolute Gasteiger partial charge is 0.505 e. The molecule has 5 nitrogen and oxygen atoms in total. The van der Waals surface area contributed by atoms with Crippen LogP contribution in [-0.4, -0.2) is 30.3 Å². The van der Waals surface area contributed by atoms with Gasteiger partial charge in [-0.2, -0.15) is 0 Å². The van der Waals surface area contributed by atoms with Crippen molar-refractivity contribution in [3.8, 4) is 11.5 Å². The van der Waals surface area contributed by atoms with Crippen molar-refractivity contribution in [2.45, 2.75) is 6.43 Å². The molecule has 0 radical (unpaired) electrons. The number of nitrogens with zero attached hydrogens (tertiary/aromatic N) is 1. The van der Waals surface area contributed by atoms with Crippen LogP contribution in [0.4, 0.5) is 8.78 Å². The Labute approximate surface area is 89.6 Å². The van der Waals surface area contributed by atoms with E-state index in [2.05, 4.69) is 14.5 Å². The van der Waals surface area contributed by atoms with Crippen molar-refractivity contribution in [2.75, 3.05) is 14.2 Å². The summed E-state index contributed by atoms with van der Waals surface area (Å²) in [5.41, 5.74) is -1.29. The summed E-state index contributed by atoms with van der Waals surface area (Å²) in [5, 5.41) is 9.34. The second-order valence-corrected chi connectivity index (χ2v) is 2.74. The second kappa shape index (κ2) is 4.73. The number of halogens is 2. The fourth-order valence-electron chi connectivity index (χ4n) is 1.07. The predicted molar refractivity (Wildman–Crippen MR) is 48.8 cm³/mol. The molecule has 0 atom stereocenters. The zero-order valence-corrected chi connectivity index (χ0v) is 8.53. The number of esters is 1. The van der Waals surface area contributed by atoms with Crippen molar-refractivity contribution in [2.24, 2.45) is 0 Å². The fraction of sp³-hybridized carbons (Fsp3) is 0.333. The minimum Gasteiger partial charge on any atom is -0.505 e. The summed E-state index contributed by atoms with van der Waals surface area (Å²) in [6, 6.07) is 0.890. The van der Waals surface area contributed by atoms with E-state index >= 15 is 0 Å². The first-order chi connectivity index (χ1) is 7.51. The van der Waals surface area contributed by atoms with Crippen LogP contribution >= 0.6 is 0 Å². The standard InChI is InChI=1S/C9H9F2NO4/c1-15-5-3-4(13)6(9(14)16-2)12-7(5)8(10)11/h3,8,13H,1-2H3. The third kappa shape index (κ3) is 2.18. The molecule has 0 amide bonds. The zero-order chi connectivity index (χ0) is 12.3. The third-order valence-electron chi connectivity index (χ3n) is 1.80. The van der Waals surface area contributed by atoms with E-state index in [1.54, 1.807) is 0 Å². The maximum absolute atomic E-state index is 12.5. The van der Waals surface area contributed by atoms with E-state index in [1.807, 2.05) is 0 Å². The molecule has 0 fully saturated rings. The SMILES string of the molecule is COC(=O)c1nc(C(F)F)c(OC)cc1O. The Kier molecular flexibility index (Phi) is 3.60. The van der Waals surface area contributed by atoms with Gasteiger partial charge in [-0.25, -0.2) is 18.6 Å². The summed E-state index contributed by atoms with van der Waals surface area (Å²) >= 11 is 0. The molecule has 0 aliphatic rings. The first-order valence-electron chi connectivity index (χ1n) is 4.15. The Balaban J connectivity index is 3.33. The molecule has 0 saturated heterocycles. The van der Waals surface area contributed by atoms with Crippen molar-refractivity contribution < 1.29 is 28.2 Å². The van der Waals surface area contributed by atoms with E-state index in [0.29, 0.717) is 0 Å². The number of hydrogen-bond donors (Lipinski definition) is 1. The zero-order valence-electron chi connectivity index (χ0n) is 8.53. The summed E-state index contributed by atoms with van der Waals surface area (Å²) < 4.78 is 33.9. The van der Waals surface area contributed by atoms with Gasteiger partial charge < -0.3 is 14.6 Å². The van der Waals surface area contributed by atoms with Gasteiger partial charge in [0.25, 0.3) is 6.43 Å². The topological polar surface area (TPSA) is 68.7 Å². The number of carbonyl (C=O) groups excluding carboxylic acids is 1. The Morgan fingerprint density at radius 1 is 1.50 bits per heavy atom. The maximum Gasteiger partial charge on any atom is 0.360 e. The van der Waals surface area contributed by atoms with Crippen molar-refractivity contribution in [3.05, 3.63) is 17.5 Å². The van der Waals surface area contributed by atoms with Gasteiger partial charge in [0.2, 0.25) is 0 Å². The molecule has 7 heteroatoms. The van der Waals surface area contributed by atoms with E-state index in [1.165, 1.54) is 0 Å². The Morgan fingerprint density at radius 3 is 2.56 bits per heavy atom. The Hall–Kier alpha value is -1.92. The number of aromatic nitrogens is 1. The second-order valence-electron chi connectivity index (χ2n) is 2.74. The first-order valence-corrected chi connectivity index (χ1v) is 4.15. The normalized spacial score (nSPS) is 10.3. The highest BCUT2D eigenvalue weighted by Crippen LogP contribution is 2.31. The van der Waals surface area contributed by atoms with Gasteiger partial charge in [-0.1, -0.05) is 0 Å². The third-order valence-corrected chi connectivity index (χ3v) is 1.80. The average Bonchev–Trinajstić information content (AvgIpc) is 2.27. The van der Waals surface area contributed by atoms with Crippen LogP contribution in [0.1, 0.15) is 22.6 Å². The molecule has 0 aliphatic heterocycles. The summed E-state index contributed by atoms with van der Waals surface area (Å²) in [6.45, 7) is 0. The average molecular weight is 233 g/mol. The number of pyridine rings is 1. The van der Waals surface area contributed by atoms with Crippen LogP contribution in [0.5, 0.6) is 11.5 Å². The molecule has 0 aliphatic carbocycles. The first kappa shape index (κ1) is 12.2. The van der Waals surface area contributed by atoms with Crippen LogP contribution in [0.25, 0.3) is 0 Å². The molecule has 0 bridgehead atoms. The minimum absolute atomic E-state index is 0.292. The van der Waals surface area contributed by atoms with Crippen LogP contribution in [0.15, 0.2) is 6.07 Å². The molecule has 16 heavy (non-hydrogen) atoms. The molecule has 0 spiro atoms. The highest BCUT2D eigenvalue weighted by molar-refractivity contribution is 5.90. The highest BCUT2D eigenvalue weighted by Gasteiger charge is 2.23. The number of aromatic hydroxyl groups is 1. The summed E-state index contributed by atoms with van der Waals surface area (Å²) in [5.74, 6) is -1.87. The van der Waals surface area contributed by atoms with Crippen LogP contribution in [-0.2, 0) is 4.74 Å². The van der Waals surface area contributed by atoms with Crippen LogP contribution in [0.2, 0.25) is 0 Å². The molecule has 1 rings (SSSR count). The van der Waals surface area contributed by atoms with Gasteiger partial charge in [0.05, 0.1) is 14.2 Å². The molecule has 1 aromatic heterocycles. The minimum atomic E-state index is -2.92. The molecular formula is C9H9F2NO4. The molecule has 88 valence electrons. The van der Waals surface area contributed by atoms with Crippen molar-refractivity contribution in [1.82, 2.24) is 4.98 Å². The van der Waals surface area contributed by atoms with E-state index < -0.39 is 29.5 Å². The Bertz CT molecular complexity index is 409. The number of ether oxygens (including phenoxy) is 2. The van der Waals surface area contributed by atoms with Gasteiger partial charge >= 0.3 is 5.97 Å². The van der Waals surface area contributed by atoms with Gasteiger partial charge in [-0.15, -0.1) is 0 Å². The summed E-state index contributed by atoms with van der Waals surface area (Å²) in [6.07, 6.45) is -2.92. The lowest BCUT2D eigenvalue weighted by Crippen LogP contribution is -2.08. The number of methoxy groups -OCH3 is 2. The van der Waals surface area contributed by atoms with Crippen molar-refractivity contribution in [1.29, 1.82) is 0 Å². The molecule has 0 saturated carbocycles. The van der Waals surface area contributed by atoms with Gasteiger partial charge in [0.1, 0.15) is 11.4 Å². The quantitative estimate of drug-likeness (QED) is 0.801. The molecule has 0 unspecified atom stereocenters. The molecule has 0 aromatic carbocycles. The van der Waals surface area contributed by atoms with Gasteiger partial charge in [-0.3, -0.25) is 0 Å². The van der Waals surface area contributed by atoms with E-state index in [9.17, 15) is 18.7 Å². The van der Waals surface area contributed by atoms with E-state index in [4.69, 9.17) is 0 Å². The molecular weight excluding hydrogens is 224 g/mol. The number of carbonyl (C=O) groups is 1. The fourth-order valence-corrected chi connectivity index (χ4v) is 1.07. The molecule has 1 heterocycles. The number of hydrogen-bond acceptors (Lipinski definition) is 5. The van der Waals surface area contributed by atoms with Crippen molar-refractivity contribution in [3.63, 3.8) is 0 Å². The number of rotatable bonds is 3. The molecule has 1 aromatic rings. The van der Waals surface area contributed by atoms with Crippen LogP contribution in [0, 0.1) is 0 Å². The van der Waals surface area contributed by atoms with E-state index in [0.717, 1.165) is 20.3 Å². The van der Waals surface area contributed by atoms with Gasteiger partial charge in [0.15, 0.2) is 11.4 Å². The lowest BCUT2D eigenvalue weighted by Gasteiger charge is -2.09. The summed E-state index contributed by atoms with van der Waals surface area (Å²) in [7, 11) is 2.20. The molecule has 1 N–H and O–H groups in total. The van der Waals surface area contributed by atoms with Crippen LogP contribution in [0.3, 0.4) is 0 Å². The van der Waals surface area contributed by atoms with E-state index in [-0.39, 0.29) is 5.75 Å². The Morgan fingerprint density at radius 2 is 2.12 bits per heavy atom. The van der Waals surface area contributed by atoms with Crippen LogP contribution < -0.4 is 4.74 Å². The lowest BCUT2D eigenvalue weighted by atomic mass is 10.2. The number of alkyl halides is 2. The summed E-state index contributed by atoms with van der Waals surface area (Å²) in [4.78, 5) is 14.4. The van der Waals surface area contributed by atoms with Crippen molar-refractivity contribution >= 4 is 5.97 Å². The predicted octanol–water partition coefficient (Wildman–Crippen LogP) is 1.52. The maximum atomic E-state index is 12.5.